The van der Waals surface area contributed by atoms with E-state index in [1.54, 1.807) is 0 Å². The fraction of sp³-hybridized carbons (Fsp3) is 0.667. The molecule has 3 rings (SSSR count). The van der Waals surface area contributed by atoms with Gasteiger partial charge in [-0.05, 0) is 19.8 Å². The number of nitrogens with one attached hydrogen (secondary N) is 1. The smallest absolute Gasteiger partial charge is 0.148 e. The van der Waals surface area contributed by atoms with Gasteiger partial charge < -0.3 is 10.3 Å². The number of anilines is 2. The summed E-state index contributed by atoms with van der Waals surface area (Å²) in [5.41, 5.74) is 3.64. The van der Waals surface area contributed by atoms with E-state index in [-0.39, 0.29) is 0 Å². The van der Waals surface area contributed by atoms with Crippen LogP contribution in [0, 0.1) is 6.92 Å². The van der Waals surface area contributed by atoms with Crippen molar-refractivity contribution in [1.29, 1.82) is 0 Å². The van der Waals surface area contributed by atoms with Crippen LogP contribution in [0.2, 0.25) is 0 Å². The number of nitrogens with two attached hydrogens (primary N) is 1. The minimum atomic E-state index is -0.676. The highest BCUT2D eigenvalue weighted by atomic mass is 32.2. The Kier molecular flexibility index (Phi) is 3.40. The van der Waals surface area contributed by atoms with Gasteiger partial charge in [-0.25, -0.2) is 15.8 Å². The molecule has 1 aromatic rings. The molecule has 19 heavy (non-hydrogen) atoms. The average Bonchev–Trinajstić information content (AvgIpc) is 3.25. The van der Waals surface area contributed by atoms with Crippen LogP contribution in [0.1, 0.15) is 30.1 Å². The summed E-state index contributed by atoms with van der Waals surface area (Å²) < 4.78 is 11.5. The molecule has 0 radical (unpaired) electrons. The number of aromatic nitrogens is 2. The van der Waals surface area contributed by atoms with Crippen molar-refractivity contribution < 1.29 is 4.21 Å². The summed E-state index contributed by atoms with van der Waals surface area (Å²) in [6, 6.07) is 0. The third-order valence-electron chi connectivity index (χ3n) is 3.69. The molecule has 0 bridgehead atoms. The van der Waals surface area contributed by atoms with Gasteiger partial charge in [-0.1, -0.05) is 0 Å². The molecule has 1 aliphatic heterocycles. The van der Waals surface area contributed by atoms with Crippen LogP contribution in [0.3, 0.4) is 0 Å². The summed E-state index contributed by atoms with van der Waals surface area (Å²) >= 11 is 0. The first-order chi connectivity index (χ1) is 9.19. The number of nitrogens with zero attached hydrogens (tertiary/aromatic N) is 3. The summed E-state index contributed by atoms with van der Waals surface area (Å²) in [7, 11) is -0.676. The molecule has 3 N–H and O–H groups in total. The predicted molar refractivity (Wildman–Crippen MR) is 76.6 cm³/mol. The predicted octanol–water partition coefficient (Wildman–Crippen LogP) is 0.517. The van der Waals surface area contributed by atoms with Crippen LogP contribution in [-0.2, 0) is 10.8 Å². The molecule has 2 heterocycles. The third-order valence-corrected chi connectivity index (χ3v) is 4.97. The number of rotatable bonds is 3. The molecule has 0 amide bonds. The summed E-state index contributed by atoms with van der Waals surface area (Å²) in [5, 5.41) is 0. The maximum absolute atomic E-state index is 11.5. The first-order valence-electron chi connectivity index (χ1n) is 6.64. The number of hydrogen-bond donors (Lipinski definition) is 2. The fourth-order valence-electron chi connectivity index (χ4n) is 2.34. The van der Waals surface area contributed by atoms with Crippen molar-refractivity contribution in [2.24, 2.45) is 5.84 Å². The number of hydrazine groups is 1. The van der Waals surface area contributed by atoms with Crippen LogP contribution in [-0.4, -0.2) is 38.8 Å². The van der Waals surface area contributed by atoms with Crippen molar-refractivity contribution in [2.75, 3.05) is 34.9 Å². The highest BCUT2D eigenvalue weighted by molar-refractivity contribution is 7.85. The van der Waals surface area contributed by atoms with Crippen molar-refractivity contribution in [2.45, 2.75) is 25.7 Å². The van der Waals surface area contributed by atoms with Crippen LogP contribution in [0.4, 0.5) is 11.6 Å². The molecule has 0 atom stereocenters. The van der Waals surface area contributed by atoms with Gasteiger partial charge in [-0.15, -0.1) is 0 Å². The summed E-state index contributed by atoms with van der Waals surface area (Å²) in [4.78, 5) is 11.4. The van der Waals surface area contributed by atoms with E-state index in [2.05, 4.69) is 15.3 Å². The Morgan fingerprint density at radius 2 is 2.00 bits per heavy atom. The number of nitrogen functional groups attached to an aromatic ring is 1. The molecule has 1 saturated heterocycles. The van der Waals surface area contributed by atoms with E-state index in [4.69, 9.17) is 10.8 Å². The van der Waals surface area contributed by atoms with Gasteiger partial charge in [0.1, 0.15) is 17.5 Å². The van der Waals surface area contributed by atoms with Crippen molar-refractivity contribution in [3.05, 3.63) is 11.4 Å². The Bertz CT molecular complexity index is 507. The van der Waals surface area contributed by atoms with Crippen molar-refractivity contribution >= 4 is 22.4 Å². The SMILES string of the molecule is Cc1c(NN)nc(C2CC2)nc1N1CCS(=O)CC1. The lowest BCUT2D eigenvalue weighted by Crippen LogP contribution is -2.39. The van der Waals surface area contributed by atoms with Crippen LogP contribution >= 0.6 is 0 Å². The first kappa shape index (κ1) is 12.8. The van der Waals surface area contributed by atoms with Crippen molar-refractivity contribution in [1.82, 2.24) is 9.97 Å². The van der Waals surface area contributed by atoms with Gasteiger partial charge in [0.05, 0.1) is 0 Å². The maximum atomic E-state index is 11.5. The van der Waals surface area contributed by atoms with E-state index in [1.165, 1.54) is 0 Å². The Labute approximate surface area is 115 Å². The largest absolute Gasteiger partial charge is 0.354 e. The van der Waals surface area contributed by atoms with Crippen molar-refractivity contribution in [3.63, 3.8) is 0 Å². The highest BCUT2D eigenvalue weighted by Gasteiger charge is 2.29. The molecule has 0 aromatic carbocycles. The summed E-state index contributed by atoms with van der Waals surface area (Å²) in [6.45, 7) is 3.56. The third kappa shape index (κ3) is 2.57. The van der Waals surface area contributed by atoms with E-state index >= 15 is 0 Å². The van der Waals surface area contributed by atoms with E-state index in [1.807, 2.05) is 6.92 Å². The van der Waals surface area contributed by atoms with E-state index in [0.717, 1.165) is 43.1 Å². The Morgan fingerprint density at radius 3 is 2.58 bits per heavy atom. The molecule has 0 spiro atoms. The lowest BCUT2D eigenvalue weighted by Gasteiger charge is -2.29. The van der Waals surface area contributed by atoms with Crippen LogP contribution in [0.25, 0.3) is 0 Å². The second-order valence-corrected chi connectivity index (χ2v) is 6.83. The molecule has 104 valence electrons. The molecular weight excluding hydrogens is 262 g/mol. The molecule has 1 saturated carbocycles. The monoisotopic (exact) mass is 281 g/mol. The van der Waals surface area contributed by atoms with Gasteiger partial charge in [0.25, 0.3) is 0 Å². The zero-order valence-corrected chi connectivity index (χ0v) is 11.9. The first-order valence-corrected chi connectivity index (χ1v) is 8.13. The summed E-state index contributed by atoms with van der Waals surface area (Å²) in [6.07, 6.45) is 2.33. The quantitative estimate of drug-likeness (QED) is 0.620. The van der Waals surface area contributed by atoms with Gasteiger partial charge >= 0.3 is 0 Å². The van der Waals surface area contributed by atoms with Crippen molar-refractivity contribution in [3.8, 4) is 0 Å². The van der Waals surface area contributed by atoms with E-state index < -0.39 is 10.8 Å². The standard InChI is InChI=1S/C12H19N5OS/c1-8-10(16-13)14-11(9-2-3-9)15-12(8)17-4-6-19(18)7-5-17/h9H,2-7,13H2,1H3,(H,14,15,16). The molecule has 1 aromatic heterocycles. The molecular formula is C12H19N5OS. The van der Waals surface area contributed by atoms with Gasteiger partial charge in [0.15, 0.2) is 0 Å². The van der Waals surface area contributed by atoms with E-state index in [0.29, 0.717) is 23.2 Å². The maximum Gasteiger partial charge on any atom is 0.148 e. The highest BCUT2D eigenvalue weighted by Crippen LogP contribution is 2.40. The molecule has 6 nitrogen and oxygen atoms in total. The van der Waals surface area contributed by atoms with E-state index in [9.17, 15) is 4.21 Å². The Morgan fingerprint density at radius 1 is 1.32 bits per heavy atom. The second kappa shape index (κ2) is 5.05. The average molecular weight is 281 g/mol. The van der Waals surface area contributed by atoms with Gasteiger partial charge in [0.2, 0.25) is 0 Å². The van der Waals surface area contributed by atoms with Crippen LogP contribution in [0.15, 0.2) is 0 Å². The lowest BCUT2D eigenvalue weighted by atomic mass is 10.2. The van der Waals surface area contributed by atoms with Gasteiger partial charge in [-0.3, -0.25) is 4.21 Å². The topological polar surface area (TPSA) is 84.1 Å². The molecule has 7 heteroatoms. The van der Waals surface area contributed by atoms with Gasteiger partial charge in [-0.2, -0.15) is 0 Å². The summed E-state index contributed by atoms with van der Waals surface area (Å²) in [5.74, 6) is 10.0. The van der Waals surface area contributed by atoms with Gasteiger partial charge in [0, 0.05) is 46.9 Å². The Balaban J connectivity index is 1.94. The zero-order valence-electron chi connectivity index (χ0n) is 11.1. The van der Waals surface area contributed by atoms with Crippen LogP contribution < -0.4 is 16.2 Å². The minimum Gasteiger partial charge on any atom is -0.354 e. The number of hydrogen-bond acceptors (Lipinski definition) is 6. The lowest BCUT2D eigenvalue weighted by molar-refractivity contribution is 0.671. The molecule has 1 aliphatic carbocycles. The van der Waals surface area contributed by atoms with Crippen LogP contribution in [0.5, 0.6) is 0 Å². The minimum absolute atomic E-state index is 0.491. The zero-order chi connectivity index (χ0) is 13.4. The Hall–Kier alpha value is -1.21. The molecule has 2 fully saturated rings. The fourth-order valence-corrected chi connectivity index (χ4v) is 3.40. The molecule has 0 unspecified atom stereocenters. The molecule has 2 aliphatic rings. The second-order valence-electron chi connectivity index (χ2n) is 5.13. The normalized spacial score (nSPS) is 20.6.